The zero-order chi connectivity index (χ0) is 18.7. The number of rotatable bonds is 8. The van der Waals surface area contributed by atoms with Crippen LogP contribution in [0.3, 0.4) is 0 Å². The summed E-state index contributed by atoms with van der Waals surface area (Å²) in [7, 11) is 0. The Morgan fingerprint density at radius 2 is 2.00 bits per heavy atom. The van der Waals surface area contributed by atoms with Gasteiger partial charge in [0.1, 0.15) is 0 Å². The van der Waals surface area contributed by atoms with Crippen LogP contribution in [-0.4, -0.2) is 31.8 Å². The van der Waals surface area contributed by atoms with E-state index in [1.165, 1.54) is 16.7 Å². The lowest BCUT2D eigenvalue weighted by atomic mass is 10.1. The monoisotopic (exact) mass is 515 g/mol. The molecule has 1 aromatic carbocycles. The van der Waals surface area contributed by atoms with Crippen molar-refractivity contribution >= 4 is 41.3 Å². The molecule has 0 amide bonds. The summed E-state index contributed by atoms with van der Waals surface area (Å²) in [5.41, 5.74) is 3.68. The molecular formula is C21H30IN3O2S. The molecule has 0 spiro atoms. The van der Waals surface area contributed by atoms with Crippen LogP contribution < -0.4 is 10.6 Å². The number of halogens is 1. The van der Waals surface area contributed by atoms with E-state index in [1.807, 2.05) is 0 Å². The molecule has 1 saturated heterocycles. The third-order valence-electron chi connectivity index (χ3n) is 4.45. The first-order chi connectivity index (χ1) is 13.3. The zero-order valence-electron chi connectivity index (χ0n) is 16.4. The van der Waals surface area contributed by atoms with Crippen LogP contribution in [0.5, 0.6) is 0 Å². The maximum atomic E-state index is 6.03. The van der Waals surface area contributed by atoms with Gasteiger partial charge in [0.2, 0.25) is 0 Å². The van der Waals surface area contributed by atoms with E-state index >= 15 is 0 Å². The third-order valence-corrected chi connectivity index (χ3v) is 5.18. The molecule has 0 aliphatic carbocycles. The van der Waals surface area contributed by atoms with Crippen LogP contribution in [0.25, 0.3) is 0 Å². The molecule has 5 nitrogen and oxygen atoms in total. The predicted octanol–water partition coefficient (Wildman–Crippen LogP) is 4.32. The van der Waals surface area contributed by atoms with E-state index < -0.39 is 0 Å². The number of thiophene rings is 1. The van der Waals surface area contributed by atoms with Crippen molar-refractivity contribution in [3.8, 4) is 0 Å². The quantitative estimate of drug-likeness (QED) is 0.313. The highest BCUT2D eigenvalue weighted by Crippen LogP contribution is 2.14. The molecule has 0 atom stereocenters. The topological polar surface area (TPSA) is 54.9 Å². The summed E-state index contributed by atoms with van der Waals surface area (Å²) in [6, 6.07) is 10.7. The number of hydrogen-bond donors (Lipinski definition) is 2. The molecule has 0 radical (unpaired) electrons. The second-order valence-corrected chi connectivity index (χ2v) is 7.40. The number of guanidine groups is 1. The Morgan fingerprint density at radius 3 is 2.75 bits per heavy atom. The fraction of sp³-hybridized carbons (Fsp3) is 0.476. The van der Waals surface area contributed by atoms with Crippen molar-refractivity contribution in [3.05, 3.63) is 57.8 Å². The molecule has 2 N–H and O–H groups in total. The van der Waals surface area contributed by atoms with E-state index in [1.54, 1.807) is 11.3 Å². The predicted molar refractivity (Wildman–Crippen MR) is 126 cm³/mol. The second-order valence-electron chi connectivity index (χ2n) is 6.62. The molecule has 0 bridgehead atoms. The Hall–Kier alpha value is -1.16. The molecule has 28 heavy (non-hydrogen) atoms. The van der Waals surface area contributed by atoms with E-state index in [0.717, 1.165) is 45.1 Å². The van der Waals surface area contributed by atoms with Gasteiger partial charge in [-0.1, -0.05) is 24.3 Å². The Bertz CT molecular complexity index is 703. The van der Waals surface area contributed by atoms with Crippen LogP contribution in [0.1, 0.15) is 36.5 Å². The highest BCUT2D eigenvalue weighted by Gasteiger charge is 2.14. The molecule has 2 aromatic rings. The van der Waals surface area contributed by atoms with Gasteiger partial charge in [-0.3, -0.25) is 0 Å². The number of nitrogens with one attached hydrogen (secondary N) is 2. The Balaban J connectivity index is 0.00000280. The van der Waals surface area contributed by atoms with E-state index in [4.69, 9.17) is 9.47 Å². The molecule has 3 rings (SSSR count). The van der Waals surface area contributed by atoms with Crippen molar-refractivity contribution in [2.45, 2.75) is 45.6 Å². The summed E-state index contributed by atoms with van der Waals surface area (Å²) < 4.78 is 11.4. The zero-order valence-corrected chi connectivity index (χ0v) is 19.5. The fourth-order valence-corrected chi connectivity index (χ4v) is 3.63. The van der Waals surface area contributed by atoms with Gasteiger partial charge in [-0.2, -0.15) is 11.3 Å². The summed E-state index contributed by atoms with van der Waals surface area (Å²) in [5.74, 6) is 0.840. The van der Waals surface area contributed by atoms with Gasteiger partial charge >= 0.3 is 0 Å². The summed E-state index contributed by atoms with van der Waals surface area (Å²) in [6.45, 7) is 6.63. The lowest BCUT2D eigenvalue weighted by Gasteiger charge is -2.22. The van der Waals surface area contributed by atoms with Crippen LogP contribution in [0.4, 0.5) is 0 Å². The molecule has 1 aliphatic heterocycles. The van der Waals surface area contributed by atoms with E-state index in [-0.39, 0.29) is 24.0 Å². The third kappa shape index (κ3) is 8.06. The van der Waals surface area contributed by atoms with Crippen LogP contribution in [0.2, 0.25) is 0 Å². The molecule has 1 aliphatic rings. The summed E-state index contributed by atoms with van der Waals surface area (Å²) in [4.78, 5) is 4.66. The normalized spacial score (nSPS) is 15.1. The Morgan fingerprint density at radius 1 is 1.18 bits per heavy atom. The van der Waals surface area contributed by atoms with Crippen molar-refractivity contribution < 1.29 is 9.47 Å². The van der Waals surface area contributed by atoms with Crippen LogP contribution in [-0.2, 0) is 29.2 Å². The second kappa shape index (κ2) is 13.1. The van der Waals surface area contributed by atoms with Gasteiger partial charge in [0, 0.05) is 26.3 Å². The largest absolute Gasteiger partial charge is 0.381 e. The van der Waals surface area contributed by atoms with Gasteiger partial charge in [0.25, 0.3) is 0 Å². The van der Waals surface area contributed by atoms with Crippen molar-refractivity contribution in [1.82, 2.24) is 10.6 Å². The maximum absolute atomic E-state index is 6.03. The average molecular weight is 515 g/mol. The van der Waals surface area contributed by atoms with E-state index in [9.17, 15) is 0 Å². The number of aliphatic imine (C=N–C) groups is 1. The SMILES string of the molecule is CCNC(=NCc1ccsc1)NCc1cccc(COC2CCOCC2)c1.I. The van der Waals surface area contributed by atoms with Gasteiger partial charge in [-0.15, -0.1) is 24.0 Å². The van der Waals surface area contributed by atoms with Gasteiger partial charge in [-0.05, 0) is 53.3 Å². The lowest BCUT2D eigenvalue weighted by molar-refractivity contribution is -0.0390. The molecule has 0 saturated carbocycles. The molecule has 0 unspecified atom stereocenters. The fourth-order valence-electron chi connectivity index (χ4n) is 2.97. The van der Waals surface area contributed by atoms with Crippen LogP contribution in [0, 0.1) is 0 Å². The van der Waals surface area contributed by atoms with Crippen LogP contribution >= 0.6 is 35.3 Å². The van der Waals surface area contributed by atoms with Crippen molar-refractivity contribution in [2.24, 2.45) is 4.99 Å². The molecule has 154 valence electrons. The van der Waals surface area contributed by atoms with E-state index in [2.05, 4.69) is 63.6 Å². The molecule has 2 heterocycles. The van der Waals surface area contributed by atoms with Crippen molar-refractivity contribution in [3.63, 3.8) is 0 Å². The highest BCUT2D eigenvalue weighted by molar-refractivity contribution is 14.0. The van der Waals surface area contributed by atoms with Gasteiger partial charge in [0.05, 0.1) is 19.3 Å². The highest BCUT2D eigenvalue weighted by atomic mass is 127. The standard InChI is InChI=1S/C21H29N3O2S.HI/c1-2-22-21(24-14-19-8-11-27-16-19)23-13-17-4-3-5-18(12-17)15-26-20-6-9-25-10-7-20;/h3-5,8,11-12,16,20H,2,6-7,9-10,13-15H2,1H3,(H2,22,23,24);1H. The van der Waals surface area contributed by atoms with Gasteiger partial charge in [-0.25, -0.2) is 4.99 Å². The molecule has 7 heteroatoms. The maximum Gasteiger partial charge on any atom is 0.191 e. The van der Waals surface area contributed by atoms with Crippen LogP contribution in [0.15, 0.2) is 46.1 Å². The first-order valence-electron chi connectivity index (χ1n) is 9.64. The van der Waals surface area contributed by atoms with Crippen molar-refractivity contribution in [1.29, 1.82) is 0 Å². The average Bonchev–Trinajstić information content (AvgIpc) is 3.23. The summed E-state index contributed by atoms with van der Waals surface area (Å²) in [5, 5.41) is 10.9. The van der Waals surface area contributed by atoms with Gasteiger partial charge in [0.15, 0.2) is 5.96 Å². The first-order valence-corrected chi connectivity index (χ1v) is 10.6. The van der Waals surface area contributed by atoms with Gasteiger partial charge < -0.3 is 20.1 Å². The number of nitrogens with zero attached hydrogens (tertiary/aromatic N) is 1. The Kier molecular flexibility index (Phi) is 10.8. The number of ether oxygens (including phenoxy) is 2. The first kappa shape index (κ1) is 23.1. The molecular weight excluding hydrogens is 485 g/mol. The lowest BCUT2D eigenvalue weighted by Crippen LogP contribution is -2.36. The summed E-state index contributed by atoms with van der Waals surface area (Å²) in [6.07, 6.45) is 2.31. The smallest absolute Gasteiger partial charge is 0.191 e. The Labute approximate surface area is 189 Å². The minimum Gasteiger partial charge on any atom is -0.381 e. The summed E-state index contributed by atoms with van der Waals surface area (Å²) >= 11 is 1.70. The number of benzene rings is 1. The minimum atomic E-state index is 0. The number of hydrogen-bond acceptors (Lipinski definition) is 4. The molecule has 1 aromatic heterocycles. The minimum absolute atomic E-state index is 0. The van der Waals surface area contributed by atoms with E-state index in [0.29, 0.717) is 19.3 Å². The molecule has 1 fully saturated rings. The van der Waals surface area contributed by atoms with Crippen molar-refractivity contribution in [2.75, 3.05) is 19.8 Å².